The van der Waals surface area contributed by atoms with Gasteiger partial charge in [-0.25, -0.2) is 0 Å². The summed E-state index contributed by atoms with van der Waals surface area (Å²) < 4.78 is -1.41. The molecule has 0 aliphatic carbocycles. The van der Waals surface area contributed by atoms with Crippen molar-refractivity contribution in [3.63, 3.8) is 0 Å². The summed E-state index contributed by atoms with van der Waals surface area (Å²) in [5.74, 6) is 0. The first-order chi connectivity index (χ1) is 6.50. The maximum absolute atomic E-state index is 5.83. The average Bonchev–Trinajstić information content (AvgIpc) is 2.47. The van der Waals surface area contributed by atoms with E-state index < -0.39 is 3.92 Å². The van der Waals surface area contributed by atoms with Gasteiger partial charge in [0.2, 0.25) is 0 Å². The van der Waals surface area contributed by atoms with Crippen LogP contribution in [-0.2, 0) is 0 Å². The third-order valence-corrected chi connectivity index (χ3v) is 2.74. The predicted molar refractivity (Wildman–Crippen MR) is 61.7 cm³/mol. The summed E-state index contributed by atoms with van der Waals surface area (Å²) in [7, 11) is 0. The third kappa shape index (κ3) is 2.59. The van der Waals surface area contributed by atoms with Crippen LogP contribution in [0.4, 0.5) is 0 Å². The minimum absolute atomic E-state index is 0.0671. The minimum atomic E-state index is -1.41. The minimum Gasteiger partial charge on any atom is -0.295 e. The number of hydrogen-bond donors (Lipinski definition) is 0. The molecule has 0 saturated heterocycles. The Hall–Kier alpha value is 0.140. The molecule has 1 aliphatic rings. The number of halogens is 3. The van der Waals surface area contributed by atoms with Gasteiger partial charge in [0.05, 0.1) is 0 Å². The second-order valence-corrected chi connectivity index (χ2v) is 5.35. The molecule has 0 saturated carbocycles. The van der Waals surface area contributed by atoms with Crippen LogP contribution in [0.2, 0.25) is 0 Å². The van der Waals surface area contributed by atoms with Crippen molar-refractivity contribution in [2.75, 3.05) is 6.54 Å². The van der Waals surface area contributed by atoms with Gasteiger partial charge in [-0.3, -0.25) is 9.91 Å². The molecular formula is C8H14Cl3N3. The van der Waals surface area contributed by atoms with Gasteiger partial charge in [-0.2, -0.15) is 5.10 Å². The van der Waals surface area contributed by atoms with Gasteiger partial charge >= 0.3 is 0 Å². The Morgan fingerprint density at radius 3 is 2.43 bits per heavy atom. The Morgan fingerprint density at radius 2 is 2.00 bits per heavy atom. The van der Waals surface area contributed by atoms with E-state index in [0.29, 0.717) is 0 Å². The predicted octanol–water partition coefficient (Wildman–Crippen LogP) is 3.02. The molecule has 0 spiro atoms. The van der Waals surface area contributed by atoms with E-state index in [4.69, 9.17) is 34.8 Å². The first-order valence-corrected chi connectivity index (χ1v) is 5.80. The zero-order valence-corrected chi connectivity index (χ0v) is 10.5. The molecule has 14 heavy (non-hydrogen) atoms. The lowest BCUT2D eigenvalue weighted by atomic mass is 10.2. The molecular weight excluding hydrogens is 244 g/mol. The van der Waals surface area contributed by atoms with Crippen LogP contribution in [0.25, 0.3) is 0 Å². The van der Waals surface area contributed by atoms with Gasteiger partial charge in [0.1, 0.15) is 12.5 Å². The van der Waals surface area contributed by atoms with Crippen LogP contribution in [0.15, 0.2) is 5.10 Å². The highest BCUT2D eigenvalue weighted by atomic mass is 35.6. The summed E-state index contributed by atoms with van der Waals surface area (Å²) in [5.41, 5.74) is 0. The smallest absolute Gasteiger partial charge is 0.270 e. The van der Waals surface area contributed by atoms with E-state index in [1.54, 1.807) is 11.2 Å². The van der Waals surface area contributed by atoms with Crippen molar-refractivity contribution < 1.29 is 0 Å². The molecule has 0 bridgehead atoms. The van der Waals surface area contributed by atoms with Crippen LogP contribution in [-0.4, -0.2) is 32.9 Å². The van der Waals surface area contributed by atoms with Gasteiger partial charge in [-0.1, -0.05) is 48.1 Å². The lowest BCUT2D eigenvalue weighted by Gasteiger charge is -2.33. The first kappa shape index (κ1) is 12.2. The average molecular weight is 259 g/mol. The highest BCUT2D eigenvalue weighted by Gasteiger charge is 2.38. The normalized spacial score (nSPS) is 22.2. The molecule has 1 atom stereocenters. The first-order valence-electron chi connectivity index (χ1n) is 4.66. The molecule has 6 heteroatoms. The van der Waals surface area contributed by atoms with E-state index in [1.165, 1.54) is 0 Å². The Morgan fingerprint density at radius 1 is 1.36 bits per heavy atom. The van der Waals surface area contributed by atoms with Crippen molar-refractivity contribution in [3.8, 4) is 0 Å². The van der Waals surface area contributed by atoms with Crippen LogP contribution in [0.3, 0.4) is 0 Å². The summed E-state index contributed by atoms with van der Waals surface area (Å²) >= 11 is 17.5. The summed E-state index contributed by atoms with van der Waals surface area (Å²) in [6.07, 6.45) is 3.62. The second-order valence-electron chi connectivity index (χ2n) is 3.13. The second kappa shape index (κ2) is 4.77. The molecule has 0 amide bonds. The Labute approximate surface area is 99.6 Å². The van der Waals surface area contributed by atoms with E-state index in [-0.39, 0.29) is 6.17 Å². The maximum atomic E-state index is 5.83. The molecule has 0 radical (unpaired) electrons. The van der Waals surface area contributed by atoms with E-state index in [9.17, 15) is 0 Å². The van der Waals surface area contributed by atoms with Crippen molar-refractivity contribution in [1.29, 1.82) is 0 Å². The van der Waals surface area contributed by atoms with Crippen LogP contribution < -0.4 is 0 Å². The molecule has 3 nitrogen and oxygen atoms in total. The van der Waals surface area contributed by atoms with E-state index in [0.717, 1.165) is 19.4 Å². The zero-order valence-electron chi connectivity index (χ0n) is 8.25. The standard InChI is InChI=1S/C8H14Cl3N3/c1-3-5-7-13(8(9,10)11)6-12-14(7)4-2/h6-7H,3-5H2,1-2H3. The highest BCUT2D eigenvalue weighted by Crippen LogP contribution is 2.35. The fourth-order valence-corrected chi connectivity index (χ4v) is 1.96. The lowest BCUT2D eigenvalue weighted by molar-refractivity contribution is 0.126. The van der Waals surface area contributed by atoms with Crippen molar-refractivity contribution in [2.24, 2.45) is 5.10 Å². The van der Waals surface area contributed by atoms with Gasteiger partial charge in [-0.05, 0) is 13.3 Å². The van der Waals surface area contributed by atoms with Gasteiger partial charge in [0, 0.05) is 6.54 Å². The lowest BCUT2D eigenvalue weighted by Crippen LogP contribution is -2.45. The topological polar surface area (TPSA) is 18.8 Å². The summed E-state index contributed by atoms with van der Waals surface area (Å²) in [6.45, 7) is 4.95. The summed E-state index contributed by atoms with van der Waals surface area (Å²) in [4.78, 5) is 1.66. The molecule has 82 valence electrons. The monoisotopic (exact) mass is 257 g/mol. The molecule has 0 aromatic rings. The van der Waals surface area contributed by atoms with E-state index in [1.807, 2.05) is 11.9 Å². The van der Waals surface area contributed by atoms with Crippen LogP contribution in [0.1, 0.15) is 26.7 Å². The highest BCUT2D eigenvalue weighted by molar-refractivity contribution is 6.67. The van der Waals surface area contributed by atoms with Gasteiger partial charge < -0.3 is 0 Å². The Balaban J connectivity index is 2.72. The van der Waals surface area contributed by atoms with Crippen LogP contribution in [0, 0.1) is 0 Å². The number of alkyl halides is 3. The van der Waals surface area contributed by atoms with E-state index in [2.05, 4.69) is 12.0 Å². The number of nitrogens with zero attached hydrogens (tertiary/aromatic N) is 3. The van der Waals surface area contributed by atoms with Crippen LogP contribution >= 0.6 is 34.8 Å². The molecule has 1 aliphatic heterocycles. The largest absolute Gasteiger partial charge is 0.295 e. The van der Waals surface area contributed by atoms with Crippen molar-refractivity contribution in [2.45, 2.75) is 36.8 Å². The molecule has 0 aromatic carbocycles. The number of hydrogen-bond acceptors (Lipinski definition) is 3. The molecule has 0 N–H and O–H groups in total. The van der Waals surface area contributed by atoms with Gasteiger partial charge in [0.15, 0.2) is 0 Å². The Kier molecular flexibility index (Phi) is 4.16. The van der Waals surface area contributed by atoms with Gasteiger partial charge in [-0.15, -0.1) is 0 Å². The number of rotatable bonds is 3. The molecule has 1 unspecified atom stereocenters. The molecule has 0 aromatic heterocycles. The fraction of sp³-hybridized carbons (Fsp3) is 0.875. The molecule has 1 rings (SSSR count). The molecule has 1 heterocycles. The van der Waals surface area contributed by atoms with Crippen LogP contribution in [0.5, 0.6) is 0 Å². The van der Waals surface area contributed by atoms with Crippen molar-refractivity contribution >= 4 is 41.1 Å². The SMILES string of the molecule is CCCC1N(CC)N=CN1C(Cl)(Cl)Cl. The molecule has 0 fully saturated rings. The third-order valence-electron chi connectivity index (χ3n) is 2.15. The van der Waals surface area contributed by atoms with Crippen molar-refractivity contribution in [1.82, 2.24) is 9.91 Å². The maximum Gasteiger partial charge on any atom is 0.270 e. The van der Waals surface area contributed by atoms with Gasteiger partial charge in [0.25, 0.3) is 3.92 Å². The zero-order chi connectivity index (χ0) is 10.8. The number of hydrazone groups is 1. The fourth-order valence-electron chi connectivity index (χ4n) is 1.49. The summed E-state index contributed by atoms with van der Waals surface area (Å²) in [5, 5.41) is 6.11. The quantitative estimate of drug-likeness (QED) is 0.572. The van der Waals surface area contributed by atoms with E-state index >= 15 is 0 Å². The Bertz CT molecular complexity index is 214. The summed E-state index contributed by atoms with van der Waals surface area (Å²) in [6, 6.07) is 0. The van der Waals surface area contributed by atoms with Crippen molar-refractivity contribution in [3.05, 3.63) is 0 Å².